The SMILES string of the molecule is Cl.Nc1c(Br)cc(Br)cc1[C@H](N)C1CCNCC1. The highest BCUT2D eigenvalue weighted by Crippen LogP contribution is 2.36. The Balaban J connectivity index is 0.00000162. The Bertz CT molecular complexity index is 409. The van der Waals surface area contributed by atoms with Gasteiger partial charge in [-0.1, -0.05) is 15.9 Å². The fourth-order valence-electron chi connectivity index (χ4n) is 2.34. The van der Waals surface area contributed by atoms with Gasteiger partial charge in [0.25, 0.3) is 0 Å². The Labute approximate surface area is 131 Å². The van der Waals surface area contributed by atoms with Crippen molar-refractivity contribution < 1.29 is 0 Å². The molecule has 102 valence electrons. The number of piperidine rings is 1. The molecule has 1 saturated heterocycles. The number of anilines is 1. The van der Waals surface area contributed by atoms with Gasteiger partial charge in [-0.05, 0) is 65.5 Å². The second-order valence-corrected chi connectivity index (χ2v) is 6.27. The van der Waals surface area contributed by atoms with Gasteiger partial charge in [0.05, 0.1) is 5.69 Å². The van der Waals surface area contributed by atoms with Crippen LogP contribution < -0.4 is 16.8 Å². The Hall–Kier alpha value is 0.190. The fraction of sp³-hybridized carbons (Fsp3) is 0.500. The number of nitrogen functional groups attached to an aromatic ring is 1. The van der Waals surface area contributed by atoms with Crippen molar-refractivity contribution in [2.24, 2.45) is 11.7 Å². The average Bonchev–Trinajstić information content (AvgIpc) is 2.34. The summed E-state index contributed by atoms with van der Waals surface area (Å²) in [6, 6.07) is 4.01. The maximum atomic E-state index is 6.36. The molecule has 0 spiro atoms. The molecule has 0 amide bonds. The molecule has 1 aliphatic rings. The summed E-state index contributed by atoms with van der Waals surface area (Å²) in [5.41, 5.74) is 14.3. The van der Waals surface area contributed by atoms with Crippen molar-refractivity contribution in [3.8, 4) is 0 Å². The first-order chi connectivity index (χ1) is 8.09. The lowest BCUT2D eigenvalue weighted by atomic mass is 9.86. The van der Waals surface area contributed by atoms with E-state index in [0.717, 1.165) is 46.1 Å². The van der Waals surface area contributed by atoms with Crippen LogP contribution in [0.25, 0.3) is 0 Å². The highest BCUT2D eigenvalue weighted by atomic mass is 79.9. The summed E-state index contributed by atoms with van der Waals surface area (Å²) in [6.07, 6.45) is 2.23. The highest BCUT2D eigenvalue weighted by Gasteiger charge is 2.24. The molecule has 0 aliphatic carbocycles. The molecule has 1 aliphatic heterocycles. The van der Waals surface area contributed by atoms with Crippen LogP contribution in [0, 0.1) is 5.92 Å². The van der Waals surface area contributed by atoms with E-state index in [-0.39, 0.29) is 18.4 Å². The molecular weight excluding hydrogens is 381 g/mol. The monoisotopic (exact) mass is 397 g/mol. The second-order valence-electron chi connectivity index (χ2n) is 4.50. The lowest BCUT2D eigenvalue weighted by molar-refractivity contribution is 0.322. The minimum atomic E-state index is 0. The molecule has 5 N–H and O–H groups in total. The van der Waals surface area contributed by atoms with E-state index in [2.05, 4.69) is 37.2 Å². The van der Waals surface area contributed by atoms with E-state index in [0.29, 0.717) is 5.92 Å². The zero-order valence-electron chi connectivity index (χ0n) is 9.96. The second kappa shape index (κ2) is 7.10. The summed E-state index contributed by atoms with van der Waals surface area (Å²) >= 11 is 6.95. The largest absolute Gasteiger partial charge is 0.398 e. The van der Waals surface area contributed by atoms with Gasteiger partial charge in [0.1, 0.15) is 0 Å². The van der Waals surface area contributed by atoms with Crippen molar-refractivity contribution in [2.75, 3.05) is 18.8 Å². The highest BCUT2D eigenvalue weighted by molar-refractivity contribution is 9.11. The van der Waals surface area contributed by atoms with Gasteiger partial charge in [0.15, 0.2) is 0 Å². The summed E-state index contributed by atoms with van der Waals surface area (Å²) in [7, 11) is 0. The van der Waals surface area contributed by atoms with Gasteiger partial charge in [-0.3, -0.25) is 0 Å². The molecule has 0 bridgehead atoms. The van der Waals surface area contributed by atoms with Crippen molar-refractivity contribution in [1.29, 1.82) is 0 Å². The van der Waals surface area contributed by atoms with Crippen molar-refractivity contribution in [2.45, 2.75) is 18.9 Å². The lowest BCUT2D eigenvalue weighted by Gasteiger charge is -2.29. The Morgan fingerprint density at radius 3 is 2.44 bits per heavy atom. The van der Waals surface area contributed by atoms with Crippen LogP contribution in [0.4, 0.5) is 5.69 Å². The third kappa shape index (κ3) is 3.61. The summed E-state index contributed by atoms with van der Waals surface area (Å²) < 4.78 is 1.92. The maximum Gasteiger partial charge on any atom is 0.0507 e. The zero-order valence-corrected chi connectivity index (χ0v) is 13.9. The first-order valence-electron chi connectivity index (χ1n) is 5.80. The van der Waals surface area contributed by atoms with Gasteiger partial charge >= 0.3 is 0 Å². The van der Waals surface area contributed by atoms with E-state index >= 15 is 0 Å². The van der Waals surface area contributed by atoms with E-state index in [1.54, 1.807) is 0 Å². The number of rotatable bonds is 2. The van der Waals surface area contributed by atoms with Gasteiger partial charge in [0.2, 0.25) is 0 Å². The van der Waals surface area contributed by atoms with E-state index in [1.807, 2.05) is 12.1 Å². The zero-order chi connectivity index (χ0) is 12.4. The predicted molar refractivity (Wildman–Crippen MR) is 86.0 cm³/mol. The molecule has 1 atom stereocenters. The molecule has 1 aromatic rings. The Morgan fingerprint density at radius 2 is 1.83 bits per heavy atom. The van der Waals surface area contributed by atoms with Crippen molar-refractivity contribution in [3.05, 3.63) is 26.6 Å². The topological polar surface area (TPSA) is 64.1 Å². The fourth-order valence-corrected chi connectivity index (χ4v) is 3.60. The van der Waals surface area contributed by atoms with E-state index in [4.69, 9.17) is 11.5 Å². The molecule has 18 heavy (non-hydrogen) atoms. The first-order valence-corrected chi connectivity index (χ1v) is 7.39. The van der Waals surface area contributed by atoms with Gasteiger partial charge in [-0.25, -0.2) is 0 Å². The summed E-state index contributed by atoms with van der Waals surface area (Å²) in [4.78, 5) is 0. The molecule has 0 aromatic heterocycles. The van der Waals surface area contributed by atoms with Crippen LogP contribution in [-0.4, -0.2) is 13.1 Å². The predicted octanol–water partition coefficient (Wildman–Crippen LogP) is 3.22. The van der Waals surface area contributed by atoms with E-state index in [9.17, 15) is 0 Å². The third-order valence-corrected chi connectivity index (χ3v) is 4.49. The van der Waals surface area contributed by atoms with Crippen molar-refractivity contribution in [3.63, 3.8) is 0 Å². The molecule has 1 aromatic carbocycles. The van der Waals surface area contributed by atoms with Crippen LogP contribution in [0.2, 0.25) is 0 Å². The Kier molecular flexibility index (Phi) is 6.41. The number of hydrogen-bond donors (Lipinski definition) is 3. The maximum absolute atomic E-state index is 6.36. The lowest BCUT2D eigenvalue weighted by Crippen LogP contribution is -2.34. The molecule has 0 saturated carbocycles. The van der Waals surface area contributed by atoms with Crippen LogP contribution in [0.3, 0.4) is 0 Å². The van der Waals surface area contributed by atoms with Crippen LogP contribution >= 0.6 is 44.3 Å². The Morgan fingerprint density at radius 1 is 1.22 bits per heavy atom. The van der Waals surface area contributed by atoms with Gasteiger partial charge in [-0.15, -0.1) is 12.4 Å². The standard InChI is InChI=1S/C12H17Br2N3.ClH/c13-8-5-9(12(16)10(14)6-8)11(15)7-1-3-17-4-2-7;/h5-7,11,17H,1-4,15-16H2;1H/t11-;/m1./s1. The third-order valence-electron chi connectivity index (χ3n) is 3.38. The summed E-state index contributed by atoms with van der Waals surface area (Å²) in [5.74, 6) is 0.514. The average molecular weight is 400 g/mol. The van der Waals surface area contributed by atoms with Gasteiger partial charge in [-0.2, -0.15) is 0 Å². The smallest absolute Gasteiger partial charge is 0.0507 e. The molecule has 1 fully saturated rings. The van der Waals surface area contributed by atoms with Crippen LogP contribution in [-0.2, 0) is 0 Å². The quantitative estimate of drug-likeness (QED) is 0.669. The molecule has 0 unspecified atom stereocenters. The van der Waals surface area contributed by atoms with Gasteiger partial charge in [0, 0.05) is 15.0 Å². The van der Waals surface area contributed by atoms with E-state index in [1.165, 1.54) is 0 Å². The minimum absolute atomic E-state index is 0. The summed E-state index contributed by atoms with van der Waals surface area (Å²) in [6.45, 7) is 2.10. The molecule has 1 heterocycles. The first kappa shape index (κ1) is 16.2. The van der Waals surface area contributed by atoms with Crippen molar-refractivity contribution in [1.82, 2.24) is 5.32 Å². The number of hydrogen-bond acceptors (Lipinski definition) is 3. The normalized spacial score (nSPS) is 18.2. The number of halogens is 3. The van der Waals surface area contributed by atoms with Crippen LogP contribution in [0.1, 0.15) is 24.4 Å². The van der Waals surface area contributed by atoms with E-state index < -0.39 is 0 Å². The molecule has 3 nitrogen and oxygen atoms in total. The number of nitrogens with two attached hydrogens (primary N) is 2. The molecule has 6 heteroatoms. The molecule has 0 radical (unpaired) electrons. The number of nitrogens with one attached hydrogen (secondary N) is 1. The molecular formula is C12H18Br2ClN3. The van der Waals surface area contributed by atoms with Gasteiger partial charge < -0.3 is 16.8 Å². The molecule has 2 rings (SSSR count). The van der Waals surface area contributed by atoms with Crippen molar-refractivity contribution >= 4 is 50.0 Å². The summed E-state index contributed by atoms with van der Waals surface area (Å²) in [5, 5.41) is 3.35. The van der Waals surface area contributed by atoms with Crippen LogP contribution in [0.5, 0.6) is 0 Å². The van der Waals surface area contributed by atoms with Crippen LogP contribution in [0.15, 0.2) is 21.1 Å². The minimum Gasteiger partial charge on any atom is -0.398 e. The number of benzene rings is 1.